The van der Waals surface area contributed by atoms with Crippen molar-refractivity contribution >= 4 is 40.6 Å². The highest BCUT2D eigenvalue weighted by atomic mass is 35.5. The SMILES string of the molecule is COc1cc(NCC(=O)N2CCSc3ccccc32)c(OC)cc1Cl. The molecule has 1 N–H and O–H groups in total. The molecule has 2 aromatic rings. The van der Waals surface area contributed by atoms with Crippen LogP contribution in [0.5, 0.6) is 11.5 Å². The number of ether oxygens (including phenoxy) is 2. The van der Waals surface area contributed by atoms with Gasteiger partial charge in [0.1, 0.15) is 11.5 Å². The van der Waals surface area contributed by atoms with Gasteiger partial charge in [-0.15, -0.1) is 11.8 Å². The van der Waals surface area contributed by atoms with E-state index in [-0.39, 0.29) is 12.5 Å². The quantitative estimate of drug-likeness (QED) is 0.854. The van der Waals surface area contributed by atoms with Crippen LogP contribution in [0.3, 0.4) is 0 Å². The lowest BCUT2D eigenvalue weighted by Gasteiger charge is -2.29. The fourth-order valence-electron chi connectivity index (χ4n) is 2.69. The number of amides is 1. The van der Waals surface area contributed by atoms with Gasteiger partial charge in [0.15, 0.2) is 0 Å². The molecule has 1 heterocycles. The summed E-state index contributed by atoms with van der Waals surface area (Å²) in [5.41, 5.74) is 1.63. The van der Waals surface area contributed by atoms with Gasteiger partial charge in [0.25, 0.3) is 0 Å². The van der Waals surface area contributed by atoms with Crippen molar-refractivity contribution in [1.29, 1.82) is 0 Å². The lowest BCUT2D eigenvalue weighted by atomic mass is 10.2. The minimum atomic E-state index is 0.00344. The first-order valence-corrected chi connectivity index (χ1v) is 9.18. The molecule has 3 rings (SSSR count). The van der Waals surface area contributed by atoms with Gasteiger partial charge in [0.2, 0.25) is 5.91 Å². The Kier molecular flexibility index (Phi) is 5.60. The zero-order valence-electron chi connectivity index (χ0n) is 14.0. The van der Waals surface area contributed by atoms with Crippen LogP contribution in [-0.4, -0.2) is 39.0 Å². The van der Waals surface area contributed by atoms with Gasteiger partial charge in [0, 0.05) is 29.3 Å². The van der Waals surface area contributed by atoms with Crippen molar-refractivity contribution in [3.05, 3.63) is 41.4 Å². The molecule has 0 unspecified atom stereocenters. The summed E-state index contributed by atoms with van der Waals surface area (Å²) in [6.07, 6.45) is 0. The molecule has 0 spiro atoms. The molecule has 132 valence electrons. The van der Waals surface area contributed by atoms with E-state index in [9.17, 15) is 4.79 Å². The minimum Gasteiger partial charge on any atom is -0.495 e. The van der Waals surface area contributed by atoms with Gasteiger partial charge in [-0.1, -0.05) is 23.7 Å². The number of para-hydroxylation sites is 1. The fraction of sp³-hybridized carbons (Fsp3) is 0.278. The maximum absolute atomic E-state index is 12.7. The van der Waals surface area contributed by atoms with E-state index < -0.39 is 0 Å². The summed E-state index contributed by atoms with van der Waals surface area (Å²) >= 11 is 7.88. The second kappa shape index (κ2) is 7.89. The van der Waals surface area contributed by atoms with Gasteiger partial charge in [-0.3, -0.25) is 4.79 Å². The molecular weight excluding hydrogens is 360 g/mol. The van der Waals surface area contributed by atoms with E-state index in [0.717, 1.165) is 16.3 Å². The van der Waals surface area contributed by atoms with Crippen LogP contribution in [0.2, 0.25) is 5.02 Å². The minimum absolute atomic E-state index is 0.00344. The summed E-state index contributed by atoms with van der Waals surface area (Å²) in [5, 5.41) is 3.59. The van der Waals surface area contributed by atoms with Gasteiger partial charge in [0.05, 0.1) is 37.2 Å². The summed E-state index contributed by atoms with van der Waals surface area (Å²) in [5.74, 6) is 1.98. The first kappa shape index (κ1) is 17.8. The van der Waals surface area contributed by atoms with E-state index in [0.29, 0.717) is 28.8 Å². The molecule has 0 aromatic heterocycles. The summed E-state index contributed by atoms with van der Waals surface area (Å²) in [4.78, 5) is 15.7. The number of carbonyl (C=O) groups excluding carboxylic acids is 1. The number of carbonyl (C=O) groups is 1. The Hall–Kier alpha value is -2.05. The molecule has 7 heteroatoms. The summed E-state index contributed by atoms with van der Waals surface area (Å²) in [7, 11) is 3.11. The maximum Gasteiger partial charge on any atom is 0.246 e. The van der Waals surface area contributed by atoms with Crippen LogP contribution < -0.4 is 19.7 Å². The molecule has 0 fully saturated rings. The van der Waals surface area contributed by atoms with Crippen LogP contribution in [0.15, 0.2) is 41.3 Å². The van der Waals surface area contributed by atoms with E-state index in [1.165, 1.54) is 0 Å². The van der Waals surface area contributed by atoms with E-state index in [2.05, 4.69) is 5.32 Å². The molecule has 2 aromatic carbocycles. The number of nitrogens with one attached hydrogen (secondary N) is 1. The molecule has 1 aliphatic rings. The second-order valence-corrected chi connectivity index (χ2v) is 6.95. The van der Waals surface area contributed by atoms with E-state index in [4.69, 9.17) is 21.1 Å². The maximum atomic E-state index is 12.7. The molecule has 25 heavy (non-hydrogen) atoms. The number of hydrogen-bond donors (Lipinski definition) is 1. The number of halogens is 1. The van der Waals surface area contributed by atoms with Crippen molar-refractivity contribution in [3.8, 4) is 11.5 Å². The number of nitrogens with zero attached hydrogens (tertiary/aromatic N) is 1. The smallest absolute Gasteiger partial charge is 0.246 e. The summed E-state index contributed by atoms with van der Waals surface area (Å²) in [6.45, 7) is 0.851. The van der Waals surface area contributed by atoms with Gasteiger partial charge in [-0.2, -0.15) is 0 Å². The molecule has 1 amide bonds. The first-order valence-electron chi connectivity index (χ1n) is 7.81. The third-order valence-electron chi connectivity index (χ3n) is 3.93. The molecule has 0 bridgehead atoms. The summed E-state index contributed by atoms with van der Waals surface area (Å²) in [6, 6.07) is 11.4. The van der Waals surface area contributed by atoms with Gasteiger partial charge in [-0.05, 0) is 12.1 Å². The van der Waals surface area contributed by atoms with Crippen LogP contribution >= 0.6 is 23.4 Å². The number of thioether (sulfide) groups is 1. The van der Waals surface area contributed by atoms with Crippen molar-refractivity contribution < 1.29 is 14.3 Å². The molecule has 0 atom stereocenters. The number of rotatable bonds is 5. The van der Waals surface area contributed by atoms with Crippen molar-refractivity contribution in [2.45, 2.75) is 4.90 Å². The molecule has 1 aliphatic heterocycles. The zero-order chi connectivity index (χ0) is 17.8. The lowest BCUT2D eigenvalue weighted by Crippen LogP contribution is -2.39. The zero-order valence-corrected chi connectivity index (χ0v) is 15.6. The Bertz CT molecular complexity index is 785. The van der Waals surface area contributed by atoms with Crippen molar-refractivity contribution in [2.24, 2.45) is 0 Å². The largest absolute Gasteiger partial charge is 0.495 e. The highest BCUT2D eigenvalue weighted by Gasteiger charge is 2.22. The normalized spacial score (nSPS) is 13.2. The van der Waals surface area contributed by atoms with Crippen LogP contribution in [0.1, 0.15) is 0 Å². The van der Waals surface area contributed by atoms with Gasteiger partial charge < -0.3 is 19.7 Å². The van der Waals surface area contributed by atoms with Crippen molar-refractivity contribution in [1.82, 2.24) is 0 Å². The van der Waals surface area contributed by atoms with E-state index >= 15 is 0 Å². The average Bonchev–Trinajstić information content (AvgIpc) is 2.65. The standard InChI is InChI=1S/C18H19ClN2O3S/c1-23-15-10-13(16(24-2)9-12(15)19)20-11-18(22)21-7-8-25-17-6-4-3-5-14(17)21/h3-6,9-10,20H,7-8,11H2,1-2H3. The number of anilines is 2. The predicted molar refractivity (Wildman–Crippen MR) is 103 cm³/mol. The van der Waals surface area contributed by atoms with E-state index in [1.54, 1.807) is 38.1 Å². The topological polar surface area (TPSA) is 50.8 Å². The Morgan fingerprint density at radius 2 is 2.00 bits per heavy atom. The molecular formula is C18H19ClN2O3S. The third kappa shape index (κ3) is 3.80. The van der Waals surface area contributed by atoms with E-state index in [1.807, 2.05) is 29.2 Å². The van der Waals surface area contributed by atoms with Crippen molar-refractivity contribution in [2.75, 3.05) is 43.3 Å². The monoisotopic (exact) mass is 378 g/mol. The Balaban J connectivity index is 1.75. The Labute approximate surface area is 156 Å². The van der Waals surface area contributed by atoms with Crippen LogP contribution in [0, 0.1) is 0 Å². The Morgan fingerprint density at radius 3 is 2.76 bits per heavy atom. The van der Waals surface area contributed by atoms with Crippen molar-refractivity contribution in [3.63, 3.8) is 0 Å². The molecule has 5 nitrogen and oxygen atoms in total. The number of hydrogen-bond acceptors (Lipinski definition) is 5. The van der Waals surface area contributed by atoms with Crippen LogP contribution in [0.25, 0.3) is 0 Å². The number of fused-ring (bicyclic) bond motifs is 1. The number of benzene rings is 2. The lowest BCUT2D eigenvalue weighted by molar-refractivity contribution is -0.117. The second-order valence-electron chi connectivity index (χ2n) is 5.40. The molecule has 0 saturated heterocycles. The number of methoxy groups -OCH3 is 2. The highest BCUT2D eigenvalue weighted by Crippen LogP contribution is 2.36. The highest BCUT2D eigenvalue weighted by molar-refractivity contribution is 7.99. The van der Waals surface area contributed by atoms with Crippen LogP contribution in [-0.2, 0) is 4.79 Å². The predicted octanol–water partition coefficient (Wildman–Crippen LogP) is 3.91. The summed E-state index contributed by atoms with van der Waals surface area (Å²) < 4.78 is 10.6. The Morgan fingerprint density at radius 1 is 1.24 bits per heavy atom. The first-order chi connectivity index (χ1) is 12.1. The van der Waals surface area contributed by atoms with Gasteiger partial charge >= 0.3 is 0 Å². The third-order valence-corrected chi connectivity index (χ3v) is 5.27. The van der Waals surface area contributed by atoms with Gasteiger partial charge in [-0.25, -0.2) is 0 Å². The molecule has 0 saturated carbocycles. The fourth-order valence-corrected chi connectivity index (χ4v) is 3.92. The average molecular weight is 379 g/mol. The molecule has 0 aliphatic carbocycles. The molecule has 0 radical (unpaired) electrons. The van der Waals surface area contributed by atoms with Crippen LogP contribution in [0.4, 0.5) is 11.4 Å².